The van der Waals surface area contributed by atoms with Crippen LogP contribution in [0.15, 0.2) is 16.5 Å². The van der Waals surface area contributed by atoms with Gasteiger partial charge in [-0.1, -0.05) is 20.8 Å². The largest absolute Gasteiger partial charge is 0.541 e. The summed E-state index contributed by atoms with van der Waals surface area (Å²) < 4.78 is 23.2. The van der Waals surface area contributed by atoms with E-state index in [1.807, 2.05) is 13.0 Å². The molecule has 0 fully saturated rings. The van der Waals surface area contributed by atoms with E-state index in [9.17, 15) is 4.79 Å². The first kappa shape index (κ1) is 20.4. The molecule has 2 rings (SSSR count). The molecule has 0 spiro atoms. The molecular formula is C20H30O5Si. The molecule has 6 heteroatoms. The van der Waals surface area contributed by atoms with Crippen LogP contribution in [0.25, 0.3) is 11.0 Å². The number of furan rings is 1. The van der Waals surface area contributed by atoms with Crippen molar-refractivity contribution in [2.75, 3.05) is 13.2 Å². The minimum atomic E-state index is -2.07. The number of benzene rings is 1. The summed E-state index contributed by atoms with van der Waals surface area (Å²) in [5.41, 5.74) is 1.04. The summed E-state index contributed by atoms with van der Waals surface area (Å²) in [6, 6.07) is 3.65. The van der Waals surface area contributed by atoms with Crippen molar-refractivity contribution in [3.05, 3.63) is 23.5 Å². The van der Waals surface area contributed by atoms with Gasteiger partial charge < -0.3 is 18.3 Å². The molecule has 0 bridgehead atoms. The van der Waals surface area contributed by atoms with Crippen molar-refractivity contribution < 1.29 is 23.1 Å². The van der Waals surface area contributed by atoms with E-state index in [4.69, 9.17) is 18.3 Å². The zero-order valence-corrected chi connectivity index (χ0v) is 18.1. The second kappa shape index (κ2) is 7.35. The molecule has 0 unspecified atom stereocenters. The molecule has 0 N–H and O–H groups in total. The van der Waals surface area contributed by atoms with E-state index in [0.29, 0.717) is 47.0 Å². The second-order valence-electron chi connectivity index (χ2n) is 7.84. The Morgan fingerprint density at radius 2 is 1.77 bits per heavy atom. The lowest BCUT2D eigenvalue weighted by Crippen LogP contribution is -2.43. The van der Waals surface area contributed by atoms with Crippen LogP contribution in [0.3, 0.4) is 0 Å². The fourth-order valence-corrected chi connectivity index (χ4v) is 3.48. The zero-order chi connectivity index (χ0) is 19.7. The Labute approximate surface area is 156 Å². The molecule has 0 aliphatic heterocycles. The number of aryl methyl sites for hydroxylation is 1. The third kappa shape index (κ3) is 3.90. The van der Waals surface area contributed by atoms with E-state index < -0.39 is 8.32 Å². The summed E-state index contributed by atoms with van der Waals surface area (Å²) >= 11 is 0. The van der Waals surface area contributed by atoms with Gasteiger partial charge in [0.25, 0.3) is 8.32 Å². The average molecular weight is 379 g/mol. The number of hydrogen-bond acceptors (Lipinski definition) is 5. The number of carbonyl (C=O) groups is 1. The number of carbonyl (C=O) groups excluding carboxylic acids is 1. The summed E-state index contributed by atoms with van der Waals surface area (Å²) in [6.07, 6.45) is 0. The lowest BCUT2D eigenvalue weighted by Gasteiger charge is -2.36. The maximum atomic E-state index is 12.4. The highest BCUT2D eigenvalue weighted by Gasteiger charge is 2.39. The van der Waals surface area contributed by atoms with Crippen molar-refractivity contribution in [2.45, 2.75) is 59.7 Å². The molecule has 0 aliphatic rings. The average Bonchev–Trinajstić information content (AvgIpc) is 2.81. The molecule has 0 amide bonds. The monoisotopic (exact) mass is 378 g/mol. The standard InChI is InChI=1S/C20H30O5Si/c1-9-22-16-12-15-14(18(13(3)24-15)19(21)23-10-2)11-17(16)25-26(7,8)20(4,5)6/h11-12H,9-10H2,1-8H3. The van der Waals surface area contributed by atoms with E-state index in [1.165, 1.54) is 0 Å². The Kier molecular flexibility index (Phi) is 5.75. The van der Waals surface area contributed by atoms with Gasteiger partial charge >= 0.3 is 5.97 Å². The normalized spacial score (nSPS) is 12.3. The Balaban J connectivity index is 2.62. The number of esters is 1. The highest BCUT2D eigenvalue weighted by molar-refractivity contribution is 6.74. The van der Waals surface area contributed by atoms with Gasteiger partial charge in [-0.3, -0.25) is 0 Å². The molecule has 1 aromatic carbocycles. The van der Waals surface area contributed by atoms with E-state index in [0.717, 1.165) is 0 Å². The second-order valence-corrected chi connectivity index (χ2v) is 12.6. The highest BCUT2D eigenvalue weighted by atomic mass is 28.4. The van der Waals surface area contributed by atoms with Crippen molar-refractivity contribution in [1.82, 2.24) is 0 Å². The fraction of sp³-hybridized carbons (Fsp3) is 0.550. The van der Waals surface area contributed by atoms with Crippen molar-refractivity contribution in [3.8, 4) is 11.5 Å². The van der Waals surface area contributed by atoms with Gasteiger partial charge in [-0.25, -0.2) is 4.79 Å². The Hall–Kier alpha value is -1.95. The van der Waals surface area contributed by atoms with Crippen LogP contribution in [0.2, 0.25) is 18.1 Å². The van der Waals surface area contributed by atoms with E-state index in [1.54, 1.807) is 19.9 Å². The lowest BCUT2D eigenvalue weighted by atomic mass is 10.1. The van der Waals surface area contributed by atoms with Crippen LogP contribution in [-0.4, -0.2) is 27.5 Å². The number of hydrogen-bond donors (Lipinski definition) is 0. The van der Waals surface area contributed by atoms with Gasteiger partial charge in [0.1, 0.15) is 22.7 Å². The van der Waals surface area contributed by atoms with Gasteiger partial charge in [0.05, 0.1) is 13.2 Å². The lowest BCUT2D eigenvalue weighted by molar-refractivity contribution is 0.0526. The van der Waals surface area contributed by atoms with Gasteiger partial charge in [-0.2, -0.15) is 0 Å². The molecule has 0 aliphatic carbocycles. The third-order valence-electron chi connectivity index (χ3n) is 4.88. The van der Waals surface area contributed by atoms with Gasteiger partial charge in [-0.15, -0.1) is 0 Å². The molecule has 0 saturated heterocycles. The first-order valence-corrected chi connectivity index (χ1v) is 12.0. The summed E-state index contributed by atoms with van der Waals surface area (Å²) in [6.45, 7) is 17.2. The molecule has 1 heterocycles. The molecular weight excluding hydrogens is 348 g/mol. The van der Waals surface area contributed by atoms with Crippen molar-refractivity contribution >= 4 is 25.3 Å². The van der Waals surface area contributed by atoms with Crippen LogP contribution in [0.5, 0.6) is 11.5 Å². The maximum Gasteiger partial charge on any atom is 0.342 e. The molecule has 0 radical (unpaired) electrons. The Morgan fingerprint density at radius 1 is 1.12 bits per heavy atom. The smallest absolute Gasteiger partial charge is 0.342 e. The van der Waals surface area contributed by atoms with Crippen LogP contribution in [0.4, 0.5) is 0 Å². The van der Waals surface area contributed by atoms with Crippen LogP contribution >= 0.6 is 0 Å². The quantitative estimate of drug-likeness (QED) is 0.476. The fourth-order valence-electron chi connectivity index (χ4n) is 2.46. The predicted molar refractivity (Wildman–Crippen MR) is 106 cm³/mol. The van der Waals surface area contributed by atoms with E-state index in [-0.39, 0.29) is 11.0 Å². The maximum absolute atomic E-state index is 12.4. The summed E-state index contributed by atoms with van der Waals surface area (Å²) in [5.74, 6) is 1.43. The van der Waals surface area contributed by atoms with Crippen molar-refractivity contribution in [2.24, 2.45) is 0 Å². The number of ether oxygens (including phenoxy) is 2. The molecule has 5 nitrogen and oxygen atoms in total. The minimum absolute atomic E-state index is 0.0434. The molecule has 2 aromatic rings. The molecule has 0 saturated carbocycles. The predicted octanol–water partition coefficient (Wildman–Crippen LogP) is 5.70. The summed E-state index contributed by atoms with van der Waals surface area (Å²) in [7, 11) is -2.07. The van der Waals surface area contributed by atoms with E-state index in [2.05, 4.69) is 33.9 Å². The minimum Gasteiger partial charge on any atom is -0.541 e. The van der Waals surface area contributed by atoms with Crippen LogP contribution < -0.4 is 9.16 Å². The van der Waals surface area contributed by atoms with E-state index >= 15 is 0 Å². The topological polar surface area (TPSA) is 57.9 Å². The van der Waals surface area contributed by atoms with Crippen molar-refractivity contribution in [1.29, 1.82) is 0 Å². The van der Waals surface area contributed by atoms with Crippen LogP contribution in [0, 0.1) is 6.92 Å². The van der Waals surface area contributed by atoms with Gasteiger partial charge in [0.15, 0.2) is 5.75 Å². The Bertz CT molecular complexity index is 799. The SMILES string of the molecule is CCOC(=O)c1c(C)oc2cc(OCC)c(O[Si](C)(C)C(C)(C)C)cc12. The molecule has 26 heavy (non-hydrogen) atoms. The molecule has 144 valence electrons. The number of fused-ring (bicyclic) bond motifs is 1. The first-order chi connectivity index (χ1) is 12.0. The van der Waals surface area contributed by atoms with Crippen molar-refractivity contribution in [3.63, 3.8) is 0 Å². The van der Waals surface area contributed by atoms with Gasteiger partial charge in [0, 0.05) is 11.5 Å². The number of rotatable bonds is 6. The van der Waals surface area contributed by atoms with Crippen LogP contribution in [-0.2, 0) is 4.74 Å². The summed E-state index contributed by atoms with van der Waals surface area (Å²) in [4.78, 5) is 12.4. The highest BCUT2D eigenvalue weighted by Crippen LogP contribution is 2.42. The van der Waals surface area contributed by atoms with Crippen LogP contribution in [0.1, 0.15) is 50.7 Å². The Morgan fingerprint density at radius 3 is 2.31 bits per heavy atom. The molecule has 1 aromatic heterocycles. The van der Waals surface area contributed by atoms with Gasteiger partial charge in [0.2, 0.25) is 0 Å². The third-order valence-corrected chi connectivity index (χ3v) is 9.22. The summed E-state index contributed by atoms with van der Waals surface area (Å²) in [5, 5.41) is 0.736. The molecule has 0 atom stereocenters. The van der Waals surface area contributed by atoms with Gasteiger partial charge in [-0.05, 0) is 45.0 Å². The first-order valence-electron chi connectivity index (χ1n) is 9.08. The zero-order valence-electron chi connectivity index (χ0n) is 17.1.